The Hall–Kier alpha value is -1.53. The van der Waals surface area contributed by atoms with E-state index >= 15 is 0 Å². The van der Waals surface area contributed by atoms with Crippen LogP contribution in [0.3, 0.4) is 0 Å². The lowest BCUT2D eigenvalue weighted by Crippen LogP contribution is -2.56. The lowest BCUT2D eigenvalue weighted by Gasteiger charge is -2.41. The van der Waals surface area contributed by atoms with Crippen molar-refractivity contribution in [2.24, 2.45) is 0 Å². The van der Waals surface area contributed by atoms with Crippen molar-refractivity contribution >= 4 is 5.91 Å². The van der Waals surface area contributed by atoms with Crippen LogP contribution in [0.5, 0.6) is 0 Å². The van der Waals surface area contributed by atoms with E-state index in [4.69, 9.17) is 0 Å². The largest absolute Gasteiger partial charge is 0.336 e. The minimum Gasteiger partial charge on any atom is -0.336 e. The van der Waals surface area contributed by atoms with Crippen molar-refractivity contribution in [1.82, 2.24) is 15.1 Å². The Bertz CT molecular complexity index is 535. The summed E-state index contributed by atoms with van der Waals surface area (Å²) < 4.78 is 25.2. The second-order valence-electron chi connectivity index (χ2n) is 6.34. The highest BCUT2D eigenvalue weighted by Gasteiger charge is 2.29. The fourth-order valence-electron chi connectivity index (χ4n) is 3.46. The van der Waals surface area contributed by atoms with Gasteiger partial charge in [0, 0.05) is 37.8 Å². The standard InChI is InChI=1S/C17H23F2N3O/c18-17(19)14-5-3-13(4-6-14)11-21-8-1-2-15(12-21)22-9-7-20-10-16(22)23/h3-6,15,17,20H,1-2,7-12H2. The Morgan fingerprint density at radius 1 is 1.22 bits per heavy atom. The van der Waals surface area contributed by atoms with Crippen molar-refractivity contribution in [1.29, 1.82) is 0 Å². The lowest BCUT2D eigenvalue weighted by molar-refractivity contribution is -0.135. The van der Waals surface area contributed by atoms with Gasteiger partial charge in [0.2, 0.25) is 5.91 Å². The molecule has 126 valence electrons. The van der Waals surface area contributed by atoms with Crippen LogP contribution < -0.4 is 5.32 Å². The SMILES string of the molecule is O=C1CNCCN1C1CCCN(Cc2ccc(C(F)F)cc2)C1. The molecule has 1 N–H and O–H groups in total. The summed E-state index contributed by atoms with van der Waals surface area (Å²) in [5.41, 5.74) is 1.11. The number of nitrogens with one attached hydrogen (secondary N) is 1. The van der Waals surface area contributed by atoms with E-state index < -0.39 is 6.43 Å². The number of piperidine rings is 1. The average Bonchev–Trinajstić information content (AvgIpc) is 2.56. The number of carbonyl (C=O) groups is 1. The summed E-state index contributed by atoms with van der Waals surface area (Å²) in [4.78, 5) is 16.4. The van der Waals surface area contributed by atoms with Crippen LogP contribution in [0, 0.1) is 0 Å². The molecule has 0 radical (unpaired) electrons. The van der Waals surface area contributed by atoms with E-state index in [1.807, 2.05) is 4.90 Å². The van der Waals surface area contributed by atoms with Gasteiger partial charge in [0.15, 0.2) is 0 Å². The molecule has 2 heterocycles. The Morgan fingerprint density at radius 3 is 2.70 bits per heavy atom. The third-order valence-electron chi connectivity index (χ3n) is 4.69. The Kier molecular flexibility index (Phi) is 5.23. The normalized spacial score (nSPS) is 23.5. The molecule has 2 aliphatic rings. The van der Waals surface area contributed by atoms with Gasteiger partial charge in [-0.3, -0.25) is 9.69 Å². The lowest BCUT2D eigenvalue weighted by atomic mass is 10.0. The fraction of sp³-hybridized carbons (Fsp3) is 0.588. The summed E-state index contributed by atoms with van der Waals surface area (Å²) in [5, 5.41) is 3.10. The zero-order valence-electron chi connectivity index (χ0n) is 13.2. The van der Waals surface area contributed by atoms with Crippen LogP contribution in [-0.4, -0.2) is 54.5 Å². The molecule has 0 bridgehead atoms. The van der Waals surface area contributed by atoms with E-state index in [2.05, 4.69) is 10.2 Å². The second-order valence-corrected chi connectivity index (χ2v) is 6.34. The summed E-state index contributed by atoms with van der Waals surface area (Å²) in [6, 6.07) is 6.84. The quantitative estimate of drug-likeness (QED) is 0.921. The molecule has 3 rings (SSSR count). The summed E-state index contributed by atoms with van der Waals surface area (Å²) in [5.74, 6) is 0.185. The molecule has 2 aliphatic heterocycles. The first-order valence-electron chi connectivity index (χ1n) is 8.23. The van der Waals surface area contributed by atoms with Crippen molar-refractivity contribution < 1.29 is 13.6 Å². The highest BCUT2D eigenvalue weighted by atomic mass is 19.3. The molecular formula is C17H23F2N3O. The zero-order chi connectivity index (χ0) is 16.2. The molecule has 23 heavy (non-hydrogen) atoms. The maximum absolute atomic E-state index is 12.6. The van der Waals surface area contributed by atoms with Crippen LogP contribution in [0.15, 0.2) is 24.3 Å². The molecule has 1 aromatic carbocycles. The molecule has 0 spiro atoms. The molecule has 2 fully saturated rings. The van der Waals surface area contributed by atoms with Gasteiger partial charge in [-0.05, 0) is 24.9 Å². The van der Waals surface area contributed by atoms with E-state index in [9.17, 15) is 13.6 Å². The van der Waals surface area contributed by atoms with Crippen LogP contribution in [0.1, 0.15) is 30.4 Å². The van der Waals surface area contributed by atoms with Gasteiger partial charge in [-0.2, -0.15) is 0 Å². The molecule has 0 saturated carbocycles. The third kappa shape index (κ3) is 4.06. The van der Waals surface area contributed by atoms with Crippen molar-refractivity contribution in [3.63, 3.8) is 0 Å². The van der Waals surface area contributed by atoms with Crippen LogP contribution in [0.2, 0.25) is 0 Å². The summed E-state index contributed by atoms with van der Waals surface area (Å²) in [6.07, 6.45) is -0.300. The Labute approximate surface area is 135 Å². The van der Waals surface area contributed by atoms with Crippen LogP contribution in [0.25, 0.3) is 0 Å². The minimum absolute atomic E-state index is 0.0664. The number of nitrogens with zero attached hydrogens (tertiary/aromatic N) is 2. The number of hydrogen-bond acceptors (Lipinski definition) is 3. The fourth-order valence-corrected chi connectivity index (χ4v) is 3.46. The van der Waals surface area contributed by atoms with E-state index in [-0.39, 0.29) is 17.5 Å². The van der Waals surface area contributed by atoms with Crippen molar-refractivity contribution in [2.75, 3.05) is 32.7 Å². The third-order valence-corrected chi connectivity index (χ3v) is 4.69. The molecule has 4 nitrogen and oxygen atoms in total. The molecule has 1 amide bonds. The molecule has 2 saturated heterocycles. The molecule has 0 aliphatic carbocycles. The van der Waals surface area contributed by atoms with Crippen molar-refractivity contribution in [3.05, 3.63) is 35.4 Å². The zero-order valence-corrected chi connectivity index (χ0v) is 13.2. The Morgan fingerprint density at radius 2 is 2.00 bits per heavy atom. The first-order valence-corrected chi connectivity index (χ1v) is 8.23. The Balaban J connectivity index is 1.59. The van der Waals surface area contributed by atoms with Gasteiger partial charge in [0.1, 0.15) is 0 Å². The van der Waals surface area contributed by atoms with Gasteiger partial charge in [0.05, 0.1) is 6.54 Å². The second kappa shape index (κ2) is 7.36. The van der Waals surface area contributed by atoms with Crippen molar-refractivity contribution in [3.8, 4) is 0 Å². The smallest absolute Gasteiger partial charge is 0.263 e. The van der Waals surface area contributed by atoms with Crippen LogP contribution in [-0.2, 0) is 11.3 Å². The van der Waals surface area contributed by atoms with E-state index in [0.717, 1.165) is 51.1 Å². The van der Waals surface area contributed by atoms with Gasteiger partial charge in [-0.1, -0.05) is 24.3 Å². The molecule has 1 aromatic rings. The highest BCUT2D eigenvalue weighted by Crippen LogP contribution is 2.21. The highest BCUT2D eigenvalue weighted by molar-refractivity contribution is 5.79. The number of benzene rings is 1. The number of amides is 1. The number of rotatable bonds is 4. The predicted molar refractivity (Wildman–Crippen MR) is 84.3 cm³/mol. The molecule has 1 atom stereocenters. The molecule has 1 unspecified atom stereocenters. The van der Waals surface area contributed by atoms with Crippen LogP contribution in [0.4, 0.5) is 8.78 Å². The summed E-state index contributed by atoms with van der Waals surface area (Å²) >= 11 is 0. The molecular weight excluding hydrogens is 300 g/mol. The first-order chi connectivity index (χ1) is 11.1. The van der Waals surface area contributed by atoms with Crippen molar-refractivity contribution in [2.45, 2.75) is 31.9 Å². The van der Waals surface area contributed by atoms with Gasteiger partial charge >= 0.3 is 0 Å². The van der Waals surface area contributed by atoms with Gasteiger partial charge in [0.25, 0.3) is 6.43 Å². The van der Waals surface area contributed by atoms with E-state index in [0.29, 0.717) is 6.54 Å². The number of piperazine rings is 1. The maximum Gasteiger partial charge on any atom is 0.263 e. The average molecular weight is 323 g/mol. The van der Waals surface area contributed by atoms with Gasteiger partial charge in [-0.25, -0.2) is 8.78 Å². The molecule has 0 aromatic heterocycles. The summed E-state index contributed by atoms with van der Waals surface area (Å²) in [6.45, 7) is 4.68. The first kappa shape index (κ1) is 16.3. The maximum atomic E-state index is 12.6. The number of alkyl halides is 2. The van der Waals surface area contributed by atoms with E-state index in [1.54, 1.807) is 12.1 Å². The van der Waals surface area contributed by atoms with Gasteiger partial charge in [-0.15, -0.1) is 0 Å². The number of hydrogen-bond donors (Lipinski definition) is 1. The number of likely N-dealkylation sites (tertiary alicyclic amines) is 1. The van der Waals surface area contributed by atoms with Crippen LogP contribution >= 0.6 is 0 Å². The summed E-state index contributed by atoms with van der Waals surface area (Å²) in [7, 11) is 0. The predicted octanol–water partition coefficient (Wildman–Crippen LogP) is 2.02. The minimum atomic E-state index is -2.41. The molecule has 6 heteroatoms. The topological polar surface area (TPSA) is 35.6 Å². The number of halogens is 2. The monoisotopic (exact) mass is 323 g/mol. The van der Waals surface area contributed by atoms with E-state index in [1.165, 1.54) is 12.1 Å². The van der Waals surface area contributed by atoms with Gasteiger partial charge < -0.3 is 10.2 Å². The number of carbonyl (C=O) groups excluding carboxylic acids is 1.